The van der Waals surface area contributed by atoms with Gasteiger partial charge < -0.3 is 5.11 Å². The molecule has 5 rings (SSSR count). The lowest BCUT2D eigenvalue weighted by atomic mass is 9.64. The summed E-state index contributed by atoms with van der Waals surface area (Å²) >= 11 is 0. The van der Waals surface area contributed by atoms with Gasteiger partial charge in [-0.15, -0.1) is 17.0 Å². The lowest BCUT2D eigenvalue weighted by Crippen LogP contribution is -2.61. The number of fused-ring (bicyclic) bond motifs is 3. The van der Waals surface area contributed by atoms with Gasteiger partial charge in [0.15, 0.2) is 0 Å². The van der Waals surface area contributed by atoms with Crippen molar-refractivity contribution in [3.05, 3.63) is 83.4 Å². The molecule has 3 aliphatic rings. The first-order valence-corrected chi connectivity index (χ1v) is 9.89. The first-order chi connectivity index (χ1) is 13.2. The van der Waals surface area contributed by atoms with Gasteiger partial charge in [-0.3, -0.25) is 9.69 Å². The second kappa shape index (κ2) is 9.06. The molecule has 2 aliphatic heterocycles. The molecule has 2 saturated heterocycles. The van der Waals surface area contributed by atoms with E-state index in [1.165, 1.54) is 16.7 Å². The van der Waals surface area contributed by atoms with Crippen LogP contribution in [0.4, 0.5) is 0 Å². The Morgan fingerprint density at radius 3 is 2.25 bits per heavy atom. The normalized spacial score (nSPS) is 28.1. The van der Waals surface area contributed by atoms with E-state index in [9.17, 15) is 9.90 Å². The monoisotopic (exact) mass is 441 g/mol. The van der Waals surface area contributed by atoms with Gasteiger partial charge in [-0.05, 0) is 43.2 Å². The van der Waals surface area contributed by atoms with Crippen LogP contribution in [0.5, 0.6) is 0 Å². The Balaban J connectivity index is 0.00000225. The minimum absolute atomic E-state index is 0. The summed E-state index contributed by atoms with van der Waals surface area (Å²) in [6, 6.07) is 21.5. The number of rotatable bonds is 5. The van der Waals surface area contributed by atoms with E-state index in [-0.39, 0.29) is 28.9 Å². The predicted octanol–water partition coefficient (Wildman–Crippen LogP) is 5.12. The van der Waals surface area contributed by atoms with E-state index in [0.29, 0.717) is 12.0 Å². The van der Waals surface area contributed by atoms with Crippen LogP contribution in [0, 0.1) is 11.8 Å². The molecule has 0 spiro atoms. The Kier molecular flexibility index (Phi) is 6.73. The summed E-state index contributed by atoms with van der Waals surface area (Å²) in [6.07, 6.45) is 4.85. The van der Waals surface area contributed by atoms with Crippen LogP contribution in [0.15, 0.2) is 72.3 Å². The number of piperidine rings is 2. The van der Waals surface area contributed by atoms with Crippen LogP contribution in [-0.4, -0.2) is 28.1 Å². The van der Waals surface area contributed by atoms with Gasteiger partial charge in [-0.2, -0.15) is 0 Å². The maximum atomic E-state index is 12.0. The Morgan fingerprint density at radius 2 is 1.68 bits per heavy atom. The van der Waals surface area contributed by atoms with Crippen molar-refractivity contribution in [3.63, 3.8) is 0 Å². The van der Waals surface area contributed by atoms with Crippen LogP contribution in [0.2, 0.25) is 0 Å². The highest BCUT2D eigenvalue weighted by Crippen LogP contribution is 2.47. The highest BCUT2D eigenvalue weighted by Gasteiger charge is 2.51. The lowest BCUT2D eigenvalue weighted by molar-refractivity contribution is -0.151. The number of allylic oxidation sites excluding steroid dienone is 1. The molecule has 4 unspecified atom stereocenters. The summed E-state index contributed by atoms with van der Waals surface area (Å²) in [6.45, 7) is 2.92. The van der Waals surface area contributed by atoms with Crippen LogP contribution in [-0.2, 0) is 17.8 Å². The van der Waals surface area contributed by atoms with Gasteiger partial charge in [0.1, 0.15) is 0 Å². The minimum Gasteiger partial charge on any atom is -0.481 e. The summed E-state index contributed by atoms with van der Waals surface area (Å²) in [4.78, 5) is 14.4. The van der Waals surface area contributed by atoms with Crippen LogP contribution in [0.3, 0.4) is 0 Å². The third-order valence-corrected chi connectivity index (χ3v) is 6.39. The highest BCUT2D eigenvalue weighted by atomic mass is 79.9. The molecule has 0 radical (unpaired) electrons. The van der Waals surface area contributed by atoms with Crippen LogP contribution in [0.1, 0.15) is 30.9 Å². The Bertz CT molecular complexity index is 821. The topological polar surface area (TPSA) is 40.5 Å². The van der Waals surface area contributed by atoms with Crippen LogP contribution < -0.4 is 0 Å². The number of carbonyl (C=O) groups is 1. The number of nitrogens with zero attached hydrogens (tertiary/aromatic N) is 1. The average molecular weight is 442 g/mol. The standard InChI is InChI=1S/C24H27NO2.BrH/c1-2-19-14-23-21(24(26)27)15-20(19)22(13-17-9-5-3-6-10-17)25(23)16-18-11-7-4-8-12-18;/h2-12,20-23H,13-16H2,1H3,(H,26,27);1H/b19-2+;. The van der Waals surface area contributed by atoms with Crippen LogP contribution in [0.25, 0.3) is 0 Å². The smallest absolute Gasteiger partial charge is 0.308 e. The van der Waals surface area contributed by atoms with Gasteiger partial charge in [-0.1, -0.05) is 72.3 Å². The highest BCUT2D eigenvalue weighted by molar-refractivity contribution is 8.93. The fraction of sp³-hybridized carbons (Fsp3) is 0.375. The maximum absolute atomic E-state index is 12.0. The second-order valence-electron chi connectivity index (χ2n) is 7.84. The van der Waals surface area contributed by atoms with Crippen molar-refractivity contribution in [1.82, 2.24) is 4.90 Å². The first kappa shape index (κ1) is 20.8. The van der Waals surface area contributed by atoms with Gasteiger partial charge in [-0.25, -0.2) is 0 Å². The van der Waals surface area contributed by atoms with E-state index < -0.39 is 5.97 Å². The molecule has 2 aromatic rings. The van der Waals surface area contributed by atoms with E-state index in [2.05, 4.69) is 72.5 Å². The third-order valence-electron chi connectivity index (χ3n) is 6.39. The lowest BCUT2D eigenvalue weighted by Gasteiger charge is -2.55. The zero-order valence-corrected chi connectivity index (χ0v) is 17.9. The summed E-state index contributed by atoms with van der Waals surface area (Å²) < 4.78 is 0. The number of halogens is 1. The van der Waals surface area contributed by atoms with Crippen molar-refractivity contribution in [2.75, 3.05) is 0 Å². The van der Waals surface area contributed by atoms with Crippen molar-refractivity contribution in [2.45, 2.75) is 44.8 Å². The van der Waals surface area contributed by atoms with Crippen molar-refractivity contribution in [1.29, 1.82) is 0 Å². The molecule has 2 bridgehead atoms. The number of aliphatic carboxylic acids is 1. The zero-order valence-electron chi connectivity index (χ0n) is 16.2. The van der Waals surface area contributed by atoms with Gasteiger partial charge in [0.25, 0.3) is 0 Å². The molecule has 1 N–H and O–H groups in total. The molecule has 28 heavy (non-hydrogen) atoms. The molecule has 1 saturated carbocycles. The molecule has 3 nitrogen and oxygen atoms in total. The number of hydrogen-bond acceptors (Lipinski definition) is 2. The van der Waals surface area contributed by atoms with Gasteiger partial charge in [0.05, 0.1) is 5.92 Å². The number of benzene rings is 2. The quantitative estimate of drug-likeness (QED) is 0.654. The van der Waals surface area contributed by atoms with E-state index in [1.54, 1.807) is 0 Å². The molecular formula is C24H28BrNO2. The van der Waals surface area contributed by atoms with Crippen LogP contribution >= 0.6 is 17.0 Å². The molecule has 0 aromatic heterocycles. The van der Waals surface area contributed by atoms with Crippen molar-refractivity contribution in [3.8, 4) is 0 Å². The summed E-state index contributed by atoms with van der Waals surface area (Å²) in [5, 5.41) is 9.83. The minimum atomic E-state index is -0.642. The van der Waals surface area contributed by atoms with Gasteiger partial charge >= 0.3 is 5.97 Å². The van der Waals surface area contributed by atoms with Gasteiger partial charge in [0.2, 0.25) is 0 Å². The number of hydrogen-bond donors (Lipinski definition) is 1. The van der Waals surface area contributed by atoms with Crippen molar-refractivity contribution in [2.24, 2.45) is 11.8 Å². The molecule has 4 atom stereocenters. The molecule has 3 fully saturated rings. The molecule has 2 heterocycles. The number of carboxylic acids is 1. The molecule has 148 valence electrons. The largest absolute Gasteiger partial charge is 0.481 e. The average Bonchev–Trinajstić information content (AvgIpc) is 2.71. The Morgan fingerprint density at radius 1 is 1.07 bits per heavy atom. The summed E-state index contributed by atoms with van der Waals surface area (Å²) in [7, 11) is 0. The molecular weight excluding hydrogens is 414 g/mol. The first-order valence-electron chi connectivity index (χ1n) is 9.89. The van der Waals surface area contributed by atoms with Crippen molar-refractivity contribution >= 4 is 23.0 Å². The molecule has 0 amide bonds. The fourth-order valence-electron chi connectivity index (χ4n) is 5.09. The van der Waals surface area contributed by atoms with E-state index >= 15 is 0 Å². The summed E-state index contributed by atoms with van der Waals surface area (Å²) in [5.74, 6) is -0.587. The number of carboxylic acid groups (broad SMARTS) is 1. The summed E-state index contributed by atoms with van der Waals surface area (Å²) in [5.41, 5.74) is 4.03. The molecule has 4 heteroatoms. The van der Waals surface area contributed by atoms with E-state index in [0.717, 1.165) is 25.8 Å². The SMILES string of the molecule is Br.C/C=C1\CC2C(C(=O)O)CC1C(Cc1ccccc1)N2Cc1ccccc1. The maximum Gasteiger partial charge on any atom is 0.308 e. The molecule has 1 aliphatic carbocycles. The second-order valence-corrected chi connectivity index (χ2v) is 7.84. The van der Waals surface area contributed by atoms with E-state index in [4.69, 9.17) is 0 Å². The zero-order chi connectivity index (χ0) is 18.8. The Hall–Kier alpha value is -1.91. The Labute approximate surface area is 177 Å². The van der Waals surface area contributed by atoms with E-state index in [1.807, 2.05) is 6.07 Å². The fourth-order valence-corrected chi connectivity index (χ4v) is 5.09. The van der Waals surface area contributed by atoms with Gasteiger partial charge in [0, 0.05) is 18.6 Å². The van der Waals surface area contributed by atoms with Crippen molar-refractivity contribution < 1.29 is 9.90 Å². The predicted molar refractivity (Wildman–Crippen MR) is 118 cm³/mol. The molecule has 2 aromatic carbocycles. The third kappa shape index (κ3) is 4.08.